The van der Waals surface area contributed by atoms with Crippen molar-refractivity contribution in [1.29, 1.82) is 0 Å². The first-order chi connectivity index (χ1) is 9.49. The third-order valence-corrected chi connectivity index (χ3v) is 4.08. The van der Waals surface area contributed by atoms with E-state index in [9.17, 15) is 8.42 Å². The SMILES string of the molecule is CC(=NNS(=O)(=O)c1ccccc1)c1ccc(C)cc1. The molecule has 104 valence electrons. The van der Waals surface area contributed by atoms with E-state index in [4.69, 9.17) is 0 Å². The zero-order valence-corrected chi connectivity index (χ0v) is 12.2. The molecule has 2 aromatic rings. The van der Waals surface area contributed by atoms with Crippen molar-refractivity contribution in [1.82, 2.24) is 4.83 Å². The number of rotatable bonds is 4. The summed E-state index contributed by atoms with van der Waals surface area (Å²) < 4.78 is 24.0. The van der Waals surface area contributed by atoms with Crippen LogP contribution in [0.3, 0.4) is 0 Å². The first-order valence-electron chi connectivity index (χ1n) is 6.17. The number of aryl methyl sites for hydroxylation is 1. The van der Waals surface area contributed by atoms with E-state index in [1.165, 1.54) is 12.1 Å². The van der Waals surface area contributed by atoms with Crippen molar-refractivity contribution in [2.24, 2.45) is 5.10 Å². The van der Waals surface area contributed by atoms with Gasteiger partial charge in [-0.1, -0.05) is 48.0 Å². The second-order valence-corrected chi connectivity index (χ2v) is 6.13. The Hall–Kier alpha value is -2.14. The summed E-state index contributed by atoms with van der Waals surface area (Å²) in [7, 11) is -3.61. The van der Waals surface area contributed by atoms with Gasteiger partial charge in [-0.15, -0.1) is 0 Å². The molecule has 0 spiro atoms. The maximum absolute atomic E-state index is 12.0. The maximum Gasteiger partial charge on any atom is 0.276 e. The number of nitrogens with one attached hydrogen (secondary N) is 1. The highest BCUT2D eigenvalue weighted by Crippen LogP contribution is 2.08. The van der Waals surface area contributed by atoms with E-state index in [0.717, 1.165) is 11.1 Å². The fraction of sp³-hybridized carbons (Fsp3) is 0.133. The molecule has 0 saturated heterocycles. The van der Waals surface area contributed by atoms with Gasteiger partial charge in [-0.25, -0.2) is 0 Å². The van der Waals surface area contributed by atoms with E-state index in [2.05, 4.69) is 9.93 Å². The smallest absolute Gasteiger partial charge is 0.200 e. The monoisotopic (exact) mass is 288 g/mol. The van der Waals surface area contributed by atoms with E-state index in [0.29, 0.717) is 5.71 Å². The fourth-order valence-electron chi connectivity index (χ4n) is 1.64. The van der Waals surface area contributed by atoms with Gasteiger partial charge < -0.3 is 0 Å². The third-order valence-electron chi connectivity index (χ3n) is 2.86. The lowest BCUT2D eigenvalue weighted by Crippen LogP contribution is -2.19. The molecule has 0 saturated carbocycles. The molecule has 5 heteroatoms. The molecule has 0 radical (unpaired) electrons. The highest BCUT2D eigenvalue weighted by Gasteiger charge is 2.11. The summed E-state index contributed by atoms with van der Waals surface area (Å²) in [5.41, 5.74) is 2.64. The second-order valence-electron chi connectivity index (χ2n) is 4.47. The standard InChI is InChI=1S/C15H16N2O2S/c1-12-8-10-14(11-9-12)13(2)16-17-20(18,19)15-6-4-3-5-7-15/h3-11,17H,1-2H3. The first kappa shape index (κ1) is 14.3. The van der Waals surface area contributed by atoms with Gasteiger partial charge in [0.15, 0.2) is 0 Å². The summed E-state index contributed by atoms with van der Waals surface area (Å²) >= 11 is 0. The molecular formula is C15H16N2O2S. The topological polar surface area (TPSA) is 58.5 Å². The Kier molecular flexibility index (Phi) is 4.20. The van der Waals surface area contributed by atoms with E-state index in [1.807, 2.05) is 31.2 Å². The molecule has 0 heterocycles. The summed E-state index contributed by atoms with van der Waals surface area (Å²) in [6, 6.07) is 15.9. The summed E-state index contributed by atoms with van der Waals surface area (Å²) in [6.07, 6.45) is 0. The molecule has 0 fully saturated rings. The molecule has 0 unspecified atom stereocenters. The van der Waals surface area contributed by atoms with Gasteiger partial charge in [-0.05, 0) is 31.5 Å². The van der Waals surface area contributed by atoms with Crippen molar-refractivity contribution >= 4 is 15.7 Å². The summed E-state index contributed by atoms with van der Waals surface area (Å²) in [4.78, 5) is 2.44. The lowest BCUT2D eigenvalue weighted by molar-refractivity contribution is 0.584. The van der Waals surface area contributed by atoms with Gasteiger partial charge in [-0.3, -0.25) is 0 Å². The van der Waals surface area contributed by atoms with Crippen LogP contribution in [-0.4, -0.2) is 14.1 Å². The molecule has 20 heavy (non-hydrogen) atoms. The minimum Gasteiger partial charge on any atom is -0.200 e. The predicted molar refractivity (Wildman–Crippen MR) is 80.2 cm³/mol. The molecule has 2 rings (SSSR count). The number of benzene rings is 2. The number of nitrogens with zero attached hydrogens (tertiary/aromatic N) is 1. The molecule has 0 aromatic heterocycles. The lowest BCUT2D eigenvalue weighted by Gasteiger charge is -2.05. The van der Waals surface area contributed by atoms with E-state index in [-0.39, 0.29) is 4.90 Å². The van der Waals surface area contributed by atoms with Crippen molar-refractivity contribution in [2.75, 3.05) is 0 Å². The van der Waals surface area contributed by atoms with Gasteiger partial charge in [0.1, 0.15) is 0 Å². The molecule has 2 aromatic carbocycles. The van der Waals surface area contributed by atoms with Gasteiger partial charge >= 0.3 is 0 Å². The van der Waals surface area contributed by atoms with Crippen molar-refractivity contribution in [3.05, 3.63) is 65.7 Å². The van der Waals surface area contributed by atoms with Crippen LogP contribution < -0.4 is 4.83 Å². The minimum absolute atomic E-state index is 0.195. The van der Waals surface area contributed by atoms with Crippen LogP contribution in [0, 0.1) is 6.92 Å². The van der Waals surface area contributed by atoms with Crippen LogP contribution in [0.15, 0.2) is 64.6 Å². The zero-order chi connectivity index (χ0) is 14.6. The Morgan fingerprint density at radius 2 is 1.60 bits per heavy atom. The normalized spacial score (nSPS) is 12.2. The van der Waals surface area contributed by atoms with Gasteiger partial charge in [0.2, 0.25) is 0 Å². The molecule has 4 nitrogen and oxygen atoms in total. The van der Waals surface area contributed by atoms with Crippen LogP contribution in [0.4, 0.5) is 0 Å². The van der Waals surface area contributed by atoms with Crippen molar-refractivity contribution in [3.63, 3.8) is 0 Å². The van der Waals surface area contributed by atoms with Crippen molar-refractivity contribution in [3.8, 4) is 0 Å². The predicted octanol–water partition coefficient (Wildman–Crippen LogP) is 2.70. The fourth-order valence-corrected chi connectivity index (χ4v) is 2.52. The largest absolute Gasteiger partial charge is 0.276 e. The Balaban J connectivity index is 2.18. The van der Waals surface area contributed by atoms with E-state index in [1.54, 1.807) is 25.1 Å². The van der Waals surface area contributed by atoms with Gasteiger partial charge in [0.05, 0.1) is 10.6 Å². The minimum atomic E-state index is -3.61. The third kappa shape index (κ3) is 3.45. The van der Waals surface area contributed by atoms with Gasteiger partial charge in [0.25, 0.3) is 10.0 Å². The summed E-state index contributed by atoms with van der Waals surface area (Å²) in [6.45, 7) is 3.76. The molecule has 0 aliphatic rings. The van der Waals surface area contributed by atoms with Crippen LogP contribution in [-0.2, 0) is 10.0 Å². The summed E-state index contributed by atoms with van der Waals surface area (Å²) in [5.74, 6) is 0. The molecule has 0 aliphatic heterocycles. The number of sulfonamides is 1. The highest BCUT2D eigenvalue weighted by molar-refractivity contribution is 7.89. The quantitative estimate of drug-likeness (QED) is 0.694. The molecule has 0 amide bonds. The molecule has 0 bridgehead atoms. The van der Waals surface area contributed by atoms with Gasteiger partial charge in [-0.2, -0.15) is 18.4 Å². The van der Waals surface area contributed by atoms with Crippen LogP contribution in [0.25, 0.3) is 0 Å². The van der Waals surface area contributed by atoms with Gasteiger partial charge in [0, 0.05) is 0 Å². The zero-order valence-electron chi connectivity index (χ0n) is 11.4. The molecule has 1 N–H and O–H groups in total. The van der Waals surface area contributed by atoms with Crippen LogP contribution >= 0.6 is 0 Å². The van der Waals surface area contributed by atoms with Crippen LogP contribution in [0.1, 0.15) is 18.1 Å². The van der Waals surface area contributed by atoms with E-state index >= 15 is 0 Å². The number of hydrazone groups is 1. The number of hydrogen-bond donors (Lipinski definition) is 1. The summed E-state index contributed by atoms with van der Waals surface area (Å²) in [5, 5.41) is 3.95. The molecule has 0 atom stereocenters. The lowest BCUT2D eigenvalue weighted by atomic mass is 10.1. The van der Waals surface area contributed by atoms with Crippen molar-refractivity contribution in [2.45, 2.75) is 18.7 Å². The average molecular weight is 288 g/mol. The Labute approximate surface area is 119 Å². The van der Waals surface area contributed by atoms with Crippen LogP contribution in [0.5, 0.6) is 0 Å². The molecule has 0 aliphatic carbocycles. The highest BCUT2D eigenvalue weighted by atomic mass is 32.2. The Morgan fingerprint density at radius 1 is 1.00 bits per heavy atom. The second kappa shape index (κ2) is 5.88. The Bertz CT molecular complexity index is 705. The first-order valence-corrected chi connectivity index (χ1v) is 7.65. The average Bonchev–Trinajstić information content (AvgIpc) is 2.46. The molecular weight excluding hydrogens is 272 g/mol. The number of hydrogen-bond acceptors (Lipinski definition) is 3. The van der Waals surface area contributed by atoms with Crippen molar-refractivity contribution < 1.29 is 8.42 Å². The van der Waals surface area contributed by atoms with Crippen LogP contribution in [0.2, 0.25) is 0 Å². The Morgan fingerprint density at radius 3 is 2.20 bits per heavy atom. The maximum atomic E-state index is 12.0. The van der Waals surface area contributed by atoms with E-state index < -0.39 is 10.0 Å².